The molecule has 0 spiro atoms. The quantitative estimate of drug-likeness (QED) is 0.270. The van der Waals surface area contributed by atoms with Gasteiger partial charge in [0.05, 0.1) is 38.9 Å². The van der Waals surface area contributed by atoms with Gasteiger partial charge in [0.15, 0.2) is 0 Å². The molecule has 1 aromatic heterocycles. The van der Waals surface area contributed by atoms with Crippen molar-refractivity contribution in [3.63, 3.8) is 0 Å². The molecule has 1 fully saturated rings. The summed E-state index contributed by atoms with van der Waals surface area (Å²) in [6.45, 7) is 6.63. The van der Waals surface area contributed by atoms with Crippen molar-refractivity contribution < 1.29 is 23.9 Å². The van der Waals surface area contributed by atoms with Gasteiger partial charge in [0.2, 0.25) is 0 Å². The van der Waals surface area contributed by atoms with Crippen LogP contribution in [0.4, 0.5) is 0 Å². The molecule has 2 aliphatic heterocycles. The first kappa shape index (κ1) is 23.1. The Balaban J connectivity index is 1.21. The molecule has 0 saturated carbocycles. The molecule has 0 aromatic carbocycles. The van der Waals surface area contributed by atoms with E-state index in [0.717, 1.165) is 30.5 Å². The zero-order chi connectivity index (χ0) is 22.1. The number of ether oxygens (including phenoxy) is 2. The van der Waals surface area contributed by atoms with E-state index < -0.39 is 0 Å². The molecule has 170 valence electrons. The van der Waals surface area contributed by atoms with Gasteiger partial charge in [-0.2, -0.15) is 0 Å². The molecular formula is C21H31N5O5. The summed E-state index contributed by atoms with van der Waals surface area (Å²) in [5.41, 5.74) is 0.526. The third-order valence-electron chi connectivity index (χ3n) is 5.68. The molecule has 2 amide bonds. The van der Waals surface area contributed by atoms with E-state index in [1.165, 1.54) is 31.4 Å². The molecule has 31 heavy (non-hydrogen) atoms. The fourth-order valence-corrected chi connectivity index (χ4v) is 3.68. The Bertz CT molecular complexity index is 767. The Hall–Kier alpha value is -2.59. The van der Waals surface area contributed by atoms with Gasteiger partial charge in [-0.25, -0.2) is 4.68 Å². The minimum absolute atomic E-state index is 0.0953. The summed E-state index contributed by atoms with van der Waals surface area (Å²) in [6, 6.07) is 0. The Morgan fingerprint density at radius 1 is 1.10 bits per heavy atom. The number of carbonyl (C=O) groups excluding carboxylic acids is 3. The molecule has 10 nitrogen and oxygen atoms in total. The van der Waals surface area contributed by atoms with Gasteiger partial charge in [-0.15, -0.1) is 5.10 Å². The molecule has 0 atom stereocenters. The molecule has 3 heterocycles. The largest absolute Gasteiger partial charge is 0.463 e. The highest BCUT2D eigenvalue weighted by molar-refractivity contribution is 6.12. The Kier molecular flexibility index (Phi) is 8.72. The third kappa shape index (κ3) is 7.25. The predicted molar refractivity (Wildman–Crippen MR) is 111 cm³/mol. The maximum absolute atomic E-state index is 11.9. The van der Waals surface area contributed by atoms with Crippen molar-refractivity contribution >= 4 is 17.8 Å². The van der Waals surface area contributed by atoms with Crippen LogP contribution in [0, 0.1) is 5.92 Å². The number of piperidine rings is 1. The minimum Gasteiger partial charge on any atom is -0.463 e. The lowest BCUT2D eigenvalue weighted by Crippen LogP contribution is -2.35. The van der Waals surface area contributed by atoms with Gasteiger partial charge in [-0.05, 0) is 31.8 Å². The first-order chi connectivity index (χ1) is 15.0. The van der Waals surface area contributed by atoms with E-state index in [2.05, 4.69) is 22.1 Å². The van der Waals surface area contributed by atoms with Crippen LogP contribution in [0.1, 0.15) is 38.3 Å². The number of rotatable bonds is 12. The molecule has 0 N–H and O–H groups in total. The number of carbonyl (C=O) groups is 3. The molecule has 1 aromatic rings. The fourth-order valence-electron chi connectivity index (χ4n) is 3.68. The lowest BCUT2D eigenvalue weighted by molar-refractivity contribution is -0.145. The average Bonchev–Trinajstić information content (AvgIpc) is 3.36. The number of nitrogens with zero attached hydrogens (tertiary/aromatic N) is 5. The van der Waals surface area contributed by atoms with Gasteiger partial charge in [0.25, 0.3) is 11.8 Å². The van der Waals surface area contributed by atoms with Crippen LogP contribution < -0.4 is 0 Å². The monoisotopic (exact) mass is 433 g/mol. The highest BCUT2D eigenvalue weighted by Gasteiger charge is 2.24. The molecule has 0 unspecified atom stereocenters. The smallest absolute Gasteiger partial charge is 0.307 e. The first-order valence-electron chi connectivity index (χ1n) is 10.9. The standard InChI is InChI=1S/C21H31N5O5/c1-2-17-5-8-24(9-6-17)10-7-21(29)31-14-13-30-12-11-25-15-18(22-23-25)16-26-19(27)3-4-20(26)28/h3-4,15,17H,2,5-14,16H2,1H3. The van der Waals surface area contributed by atoms with Crippen LogP contribution in [-0.4, -0.2) is 82.0 Å². The van der Waals surface area contributed by atoms with Crippen LogP contribution in [0.2, 0.25) is 0 Å². The van der Waals surface area contributed by atoms with Crippen molar-refractivity contribution in [2.45, 2.75) is 45.7 Å². The zero-order valence-corrected chi connectivity index (χ0v) is 18.1. The summed E-state index contributed by atoms with van der Waals surface area (Å²) >= 11 is 0. The maximum atomic E-state index is 11.9. The number of amides is 2. The van der Waals surface area contributed by atoms with Crippen molar-refractivity contribution in [2.24, 2.45) is 5.92 Å². The maximum Gasteiger partial charge on any atom is 0.307 e. The minimum atomic E-state index is -0.349. The Morgan fingerprint density at radius 2 is 1.84 bits per heavy atom. The fraction of sp³-hybridized carbons (Fsp3) is 0.667. The number of aromatic nitrogens is 3. The number of likely N-dealkylation sites (tertiary alicyclic amines) is 1. The van der Waals surface area contributed by atoms with E-state index >= 15 is 0 Å². The number of esters is 1. The molecule has 0 aliphatic carbocycles. The van der Waals surface area contributed by atoms with Crippen LogP contribution in [0.5, 0.6) is 0 Å². The summed E-state index contributed by atoms with van der Waals surface area (Å²) in [6.07, 6.45) is 8.25. The Labute approximate surface area is 182 Å². The van der Waals surface area contributed by atoms with E-state index in [4.69, 9.17) is 9.47 Å². The van der Waals surface area contributed by atoms with Crippen molar-refractivity contribution in [2.75, 3.05) is 39.5 Å². The van der Waals surface area contributed by atoms with Crippen molar-refractivity contribution in [1.29, 1.82) is 0 Å². The summed E-state index contributed by atoms with van der Waals surface area (Å²) in [4.78, 5) is 38.4. The van der Waals surface area contributed by atoms with Gasteiger partial charge in [-0.3, -0.25) is 19.3 Å². The van der Waals surface area contributed by atoms with E-state index in [-0.39, 0.29) is 30.9 Å². The van der Waals surface area contributed by atoms with Crippen LogP contribution in [0.15, 0.2) is 18.3 Å². The van der Waals surface area contributed by atoms with Gasteiger partial charge in [0.1, 0.15) is 12.3 Å². The van der Waals surface area contributed by atoms with Crippen molar-refractivity contribution in [3.05, 3.63) is 24.0 Å². The van der Waals surface area contributed by atoms with Gasteiger partial charge < -0.3 is 14.4 Å². The highest BCUT2D eigenvalue weighted by atomic mass is 16.6. The molecule has 0 radical (unpaired) electrons. The lowest BCUT2D eigenvalue weighted by atomic mass is 9.94. The summed E-state index contributed by atoms with van der Waals surface area (Å²) < 4.78 is 12.3. The van der Waals surface area contributed by atoms with E-state index in [9.17, 15) is 14.4 Å². The normalized spacial score (nSPS) is 17.6. The topological polar surface area (TPSA) is 107 Å². The molecule has 10 heteroatoms. The van der Waals surface area contributed by atoms with Crippen LogP contribution in [0.3, 0.4) is 0 Å². The van der Waals surface area contributed by atoms with Crippen molar-refractivity contribution in [3.8, 4) is 0 Å². The summed E-state index contributed by atoms with van der Waals surface area (Å²) in [5, 5.41) is 7.92. The number of hydrogen-bond donors (Lipinski definition) is 0. The lowest BCUT2D eigenvalue weighted by Gasteiger charge is -2.31. The van der Waals surface area contributed by atoms with E-state index in [0.29, 0.717) is 31.9 Å². The summed E-state index contributed by atoms with van der Waals surface area (Å²) in [5.74, 6) is -0.0557. The average molecular weight is 434 g/mol. The highest BCUT2D eigenvalue weighted by Crippen LogP contribution is 2.19. The zero-order valence-electron chi connectivity index (χ0n) is 18.1. The second kappa shape index (κ2) is 11.7. The second-order valence-electron chi connectivity index (χ2n) is 7.85. The predicted octanol–water partition coefficient (Wildman–Crippen LogP) is 0.775. The van der Waals surface area contributed by atoms with E-state index in [1.54, 1.807) is 10.9 Å². The van der Waals surface area contributed by atoms with Crippen molar-refractivity contribution in [1.82, 2.24) is 24.8 Å². The second-order valence-corrected chi connectivity index (χ2v) is 7.85. The molecule has 0 bridgehead atoms. The van der Waals surface area contributed by atoms with Gasteiger partial charge >= 0.3 is 5.97 Å². The third-order valence-corrected chi connectivity index (χ3v) is 5.68. The molecule has 1 saturated heterocycles. The van der Waals surface area contributed by atoms with Crippen LogP contribution in [-0.2, 0) is 36.9 Å². The van der Waals surface area contributed by atoms with Gasteiger partial charge in [-0.1, -0.05) is 18.6 Å². The number of imide groups is 1. The molecule has 3 rings (SSSR count). The SMILES string of the molecule is CCC1CCN(CCC(=O)OCCOCCn2cc(CN3C(=O)C=CC3=O)nn2)CC1. The molecule has 2 aliphatic rings. The van der Waals surface area contributed by atoms with Crippen LogP contribution in [0.25, 0.3) is 0 Å². The van der Waals surface area contributed by atoms with E-state index in [1.807, 2.05) is 0 Å². The van der Waals surface area contributed by atoms with Crippen LogP contribution >= 0.6 is 0 Å². The molecular weight excluding hydrogens is 402 g/mol. The van der Waals surface area contributed by atoms with Gasteiger partial charge in [0, 0.05) is 18.7 Å². The first-order valence-corrected chi connectivity index (χ1v) is 10.9. The summed E-state index contributed by atoms with van der Waals surface area (Å²) in [7, 11) is 0. The number of hydrogen-bond acceptors (Lipinski definition) is 8. The Morgan fingerprint density at radius 3 is 2.55 bits per heavy atom.